The summed E-state index contributed by atoms with van der Waals surface area (Å²) < 4.78 is 0. The molecule has 98 valence electrons. The molecule has 1 saturated carbocycles. The molecule has 2 N–H and O–H groups in total. The minimum absolute atomic E-state index is 0.0892. The van der Waals surface area contributed by atoms with Crippen LogP contribution in [0.25, 0.3) is 0 Å². The molecule has 1 aliphatic rings. The maximum absolute atomic E-state index is 12.2. The van der Waals surface area contributed by atoms with Crippen LogP contribution >= 0.6 is 0 Å². The third-order valence-electron chi connectivity index (χ3n) is 3.48. The fourth-order valence-corrected chi connectivity index (χ4v) is 1.95. The zero-order valence-corrected chi connectivity index (χ0v) is 11.2. The lowest BCUT2D eigenvalue weighted by Gasteiger charge is -2.24. The average Bonchev–Trinajstić information content (AvgIpc) is 3.19. The fourth-order valence-electron chi connectivity index (χ4n) is 1.95. The zero-order chi connectivity index (χ0) is 13.0. The smallest absolute Gasteiger partial charge is 0.230 e. The molecule has 0 radical (unpaired) electrons. The number of benzene rings is 1. The van der Waals surface area contributed by atoms with Gasteiger partial charge in [0.15, 0.2) is 0 Å². The summed E-state index contributed by atoms with van der Waals surface area (Å²) in [5.74, 6) is 0.0892. The Labute approximate surface area is 109 Å². The van der Waals surface area contributed by atoms with Crippen molar-refractivity contribution in [3.8, 4) is 0 Å². The molecule has 1 aromatic carbocycles. The highest BCUT2D eigenvalue weighted by atomic mass is 16.2. The maximum Gasteiger partial charge on any atom is 0.230 e. The van der Waals surface area contributed by atoms with Gasteiger partial charge >= 0.3 is 0 Å². The van der Waals surface area contributed by atoms with E-state index < -0.39 is 5.41 Å². The molecule has 0 spiro atoms. The summed E-state index contributed by atoms with van der Waals surface area (Å²) in [6, 6.07) is 10.6. The molecule has 1 aromatic rings. The third-order valence-corrected chi connectivity index (χ3v) is 3.48. The molecule has 1 fully saturated rings. The first-order valence-electron chi connectivity index (χ1n) is 6.68. The lowest BCUT2D eigenvalue weighted by Crippen LogP contribution is -2.42. The number of carbonyl (C=O) groups excluding carboxylic acids is 1. The Morgan fingerprint density at radius 2 is 1.89 bits per heavy atom. The van der Waals surface area contributed by atoms with Crippen LogP contribution in [0.2, 0.25) is 0 Å². The molecule has 0 aliphatic heterocycles. The van der Waals surface area contributed by atoms with E-state index in [9.17, 15) is 4.79 Å². The highest BCUT2D eigenvalue weighted by Gasteiger charge is 2.29. The summed E-state index contributed by atoms with van der Waals surface area (Å²) in [5, 5.41) is 6.39. The highest BCUT2D eigenvalue weighted by Crippen LogP contribution is 2.22. The quantitative estimate of drug-likeness (QED) is 0.752. The van der Waals surface area contributed by atoms with E-state index in [1.807, 2.05) is 44.2 Å². The zero-order valence-electron chi connectivity index (χ0n) is 11.2. The molecule has 0 unspecified atom stereocenters. The van der Waals surface area contributed by atoms with E-state index in [-0.39, 0.29) is 5.91 Å². The summed E-state index contributed by atoms with van der Waals surface area (Å²) in [5.41, 5.74) is 0.582. The van der Waals surface area contributed by atoms with Gasteiger partial charge in [0, 0.05) is 19.1 Å². The van der Waals surface area contributed by atoms with Crippen LogP contribution < -0.4 is 10.6 Å². The van der Waals surface area contributed by atoms with Gasteiger partial charge in [0.1, 0.15) is 0 Å². The minimum Gasteiger partial charge on any atom is -0.354 e. The first-order valence-corrected chi connectivity index (χ1v) is 6.68. The van der Waals surface area contributed by atoms with Gasteiger partial charge in [-0.15, -0.1) is 0 Å². The van der Waals surface area contributed by atoms with Gasteiger partial charge in [-0.05, 0) is 32.3 Å². The second-order valence-electron chi connectivity index (χ2n) is 5.48. The van der Waals surface area contributed by atoms with E-state index in [4.69, 9.17) is 0 Å². The summed E-state index contributed by atoms with van der Waals surface area (Å²) in [7, 11) is 0. The van der Waals surface area contributed by atoms with Crippen LogP contribution in [0.5, 0.6) is 0 Å². The van der Waals surface area contributed by atoms with E-state index in [0.29, 0.717) is 12.6 Å². The van der Waals surface area contributed by atoms with Crippen molar-refractivity contribution in [3.63, 3.8) is 0 Å². The summed E-state index contributed by atoms with van der Waals surface area (Å²) in [4.78, 5) is 12.2. The van der Waals surface area contributed by atoms with E-state index in [0.717, 1.165) is 12.1 Å². The van der Waals surface area contributed by atoms with Gasteiger partial charge in [0.05, 0.1) is 5.41 Å². The Hall–Kier alpha value is -1.35. The van der Waals surface area contributed by atoms with Crippen LogP contribution in [-0.4, -0.2) is 25.0 Å². The van der Waals surface area contributed by atoms with Gasteiger partial charge in [0.25, 0.3) is 0 Å². The van der Waals surface area contributed by atoms with Crippen molar-refractivity contribution in [2.75, 3.05) is 13.1 Å². The Morgan fingerprint density at radius 1 is 1.22 bits per heavy atom. The molecule has 0 bridgehead atoms. The van der Waals surface area contributed by atoms with Gasteiger partial charge in [-0.25, -0.2) is 0 Å². The molecular weight excluding hydrogens is 224 g/mol. The summed E-state index contributed by atoms with van der Waals surface area (Å²) in [6.45, 7) is 5.49. The number of carbonyl (C=O) groups is 1. The van der Waals surface area contributed by atoms with E-state index in [2.05, 4.69) is 10.6 Å². The SMILES string of the molecule is CC(C)(C(=O)NCCNC1CC1)c1ccccc1. The standard InChI is InChI=1S/C15H22N2O/c1-15(2,12-6-4-3-5-7-12)14(18)17-11-10-16-13-8-9-13/h3-7,13,16H,8-11H2,1-2H3,(H,17,18). The normalized spacial score (nSPS) is 15.4. The highest BCUT2D eigenvalue weighted by molar-refractivity contribution is 5.87. The molecule has 3 heteroatoms. The van der Waals surface area contributed by atoms with Crippen molar-refractivity contribution >= 4 is 5.91 Å². The first-order chi connectivity index (χ1) is 8.60. The van der Waals surface area contributed by atoms with E-state index >= 15 is 0 Å². The maximum atomic E-state index is 12.2. The number of rotatable bonds is 6. The van der Waals surface area contributed by atoms with Crippen LogP contribution in [0.15, 0.2) is 30.3 Å². The predicted octanol–water partition coefficient (Wildman–Crippen LogP) is 1.83. The minimum atomic E-state index is -0.471. The average molecular weight is 246 g/mol. The molecule has 3 nitrogen and oxygen atoms in total. The molecule has 1 amide bonds. The van der Waals surface area contributed by atoms with Gasteiger partial charge in [0.2, 0.25) is 5.91 Å². The van der Waals surface area contributed by atoms with Crippen LogP contribution in [-0.2, 0) is 10.2 Å². The molecule has 2 rings (SSSR count). The van der Waals surface area contributed by atoms with Crippen molar-refractivity contribution in [1.82, 2.24) is 10.6 Å². The molecule has 18 heavy (non-hydrogen) atoms. The number of nitrogens with one attached hydrogen (secondary N) is 2. The largest absolute Gasteiger partial charge is 0.354 e. The van der Waals surface area contributed by atoms with Crippen molar-refractivity contribution in [1.29, 1.82) is 0 Å². The second kappa shape index (κ2) is 5.53. The molecule has 0 saturated heterocycles. The first kappa shape index (κ1) is 13.1. The number of hydrogen-bond donors (Lipinski definition) is 2. The van der Waals surface area contributed by atoms with E-state index in [1.54, 1.807) is 0 Å². The lowest BCUT2D eigenvalue weighted by atomic mass is 9.84. The Balaban J connectivity index is 1.82. The van der Waals surface area contributed by atoms with Crippen molar-refractivity contribution in [2.24, 2.45) is 0 Å². The van der Waals surface area contributed by atoms with Crippen LogP contribution in [0.4, 0.5) is 0 Å². The summed E-state index contributed by atoms with van der Waals surface area (Å²) in [6.07, 6.45) is 2.56. The molecule has 1 aliphatic carbocycles. The topological polar surface area (TPSA) is 41.1 Å². The fraction of sp³-hybridized carbons (Fsp3) is 0.533. The van der Waals surface area contributed by atoms with Crippen molar-refractivity contribution in [2.45, 2.75) is 38.1 Å². The Morgan fingerprint density at radius 3 is 2.50 bits per heavy atom. The lowest BCUT2D eigenvalue weighted by molar-refractivity contribution is -0.125. The predicted molar refractivity (Wildman–Crippen MR) is 73.5 cm³/mol. The van der Waals surface area contributed by atoms with Gasteiger partial charge in [-0.1, -0.05) is 30.3 Å². The van der Waals surface area contributed by atoms with Crippen molar-refractivity contribution in [3.05, 3.63) is 35.9 Å². The molecule has 0 aromatic heterocycles. The third kappa shape index (κ3) is 3.33. The van der Waals surface area contributed by atoms with Crippen LogP contribution in [0.3, 0.4) is 0 Å². The van der Waals surface area contributed by atoms with E-state index in [1.165, 1.54) is 12.8 Å². The monoisotopic (exact) mass is 246 g/mol. The Kier molecular flexibility index (Phi) is 4.02. The van der Waals surface area contributed by atoms with Gasteiger partial charge in [-0.2, -0.15) is 0 Å². The Bertz CT molecular complexity index is 396. The second-order valence-corrected chi connectivity index (χ2v) is 5.48. The summed E-state index contributed by atoms with van der Waals surface area (Å²) >= 11 is 0. The molecule has 0 atom stereocenters. The van der Waals surface area contributed by atoms with Crippen LogP contribution in [0, 0.1) is 0 Å². The van der Waals surface area contributed by atoms with Gasteiger partial charge in [-0.3, -0.25) is 4.79 Å². The van der Waals surface area contributed by atoms with Crippen LogP contribution in [0.1, 0.15) is 32.3 Å². The van der Waals surface area contributed by atoms with Crippen molar-refractivity contribution < 1.29 is 4.79 Å². The molecule has 0 heterocycles. The number of amides is 1. The van der Waals surface area contributed by atoms with Gasteiger partial charge < -0.3 is 10.6 Å². The number of hydrogen-bond acceptors (Lipinski definition) is 2. The molecular formula is C15H22N2O.